The van der Waals surface area contributed by atoms with Crippen LogP contribution in [0.3, 0.4) is 0 Å². The van der Waals surface area contributed by atoms with Crippen molar-refractivity contribution in [3.63, 3.8) is 0 Å². The molecule has 136 valence electrons. The van der Waals surface area contributed by atoms with Crippen LogP contribution in [0.2, 0.25) is 5.02 Å². The van der Waals surface area contributed by atoms with Crippen molar-refractivity contribution in [1.82, 2.24) is 14.7 Å². The summed E-state index contributed by atoms with van der Waals surface area (Å²) in [5.74, 6) is -0.157. The van der Waals surface area contributed by atoms with Crippen molar-refractivity contribution in [2.45, 2.75) is 13.3 Å². The highest BCUT2D eigenvalue weighted by molar-refractivity contribution is 7.15. The lowest BCUT2D eigenvalue weighted by molar-refractivity contribution is 0.0950. The van der Waals surface area contributed by atoms with Gasteiger partial charge in [0, 0.05) is 28.7 Å². The largest absolute Gasteiger partial charge is 0.350 e. The number of carbonyl (C=O) groups excluding carboxylic acids is 1. The van der Waals surface area contributed by atoms with Crippen LogP contribution < -0.4 is 5.32 Å². The van der Waals surface area contributed by atoms with Crippen LogP contribution in [0.4, 0.5) is 0 Å². The lowest BCUT2D eigenvalue weighted by atomic mass is 10.1. The minimum absolute atomic E-state index is 0.157. The minimum Gasteiger partial charge on any atom is -0.350 e. The molecule has 2 aromatic heterocycles. The van der Waals surface area contributed by atoms with Crippen LogP contribution >= 0.6 is 22.9 Å². The zero-order chi connectivity index (χ0) is 18.8. The third-order valence-corrected chi connectivity index (χ3v) is 5.42. The van der Waals surface area contributed by atoms with Crippen LogP contribution in [0.5, 0.6) is 0 Å². The molecule has 1 amide bonds. The van der Waals surface area contributed by atoms with Crippen molar-refractivity contribution in [2.75, 3.05) is 6.54 Å². The summed E-state index contributed by atoms with van der Waals surface area (Å²) in [4.78, 5) is 18.2. The van der Waals surface area contributed by atoms with Gasteiger partial charge >= 0.3 is 0 Å². The summed E-state index contributed by atoms with van der Waals surface area (Å²) < 4.78 is 1.98. The van der Waals surface area contributed by atoms with Crippen molar-refractivity contribution >= 4 is 33.8 Å². The highest BCUT2D eigenvalue weighted by Gasteiger charge is 2.20. The van der Waals surface area contributed by atoms with Crippen LogP contribution in [0, 0.1) is 6.92 Å². The Bertz CT molecular complexity index is 1080. The van der Waals surface area contributed by atoms with Gasteiger partial charge in [0.1, 0.15) is 0 Å². The third-order valence-electron chi connectivity index (χ3n) is 4.41. The molecule has 0 aliphatic carbocycles. The van der Waals surface area contributed by atoms with Crippen LogP contribution in [0.15, 0.2) is 60.1 Å². The molecule has 0 saturated heterocycles. The topological polar surface area (TPSA) is 46.4 Å². The number of halogens is 1. The Morgan fingerprint density at radius 2 is 1.89 bits per heavy atom. The molecule has 0 saturated carbocycles. The van der Waals surface area contributed by atoms with E-state index in [-0.39, 0.29) is 5.91 Å². The monoisotopic (exact) mass is 395 g/mol. The minimum atomic E-state index is -0.157. The van der Waals surface area contributed by atoms with E-state index in [2.05, 4.69) is 10.3 Å². The van der Waals surface area contributed by atoms with E-state index in [0.717, 1.165) is 28.2 Å². The van der Waals surface area contributed by atoms with Gasteiger partial charge in [-0.3, -0.25) is 9.20 Å². The highest BCUT2D eigenvalue weighted by atomic mass is 35.5. The number of fused-ring (bicyclic) bond motifs is 1. The first-order chi connectivity index (χ1) is 13.1. The molecule has 0 spiro atoms. The second-order valence-corrected chi connectivity index (χ2v) is 7.67. The van der Waals surface area contributed by atoms with Crippen molar-refractivity contribution in [1.29, 1.82) is 0 Å². The molecule has 0 bridgehead atoms. The van der Waals surface area contributed by atoms with Gasteiger partial charge in [0.05, 0.1) is 5.69 Å². The summed E-state index contributed by atoms with van der Waals surface area (Å²) in [6.07, 6.45) is 2.69. The second-order valence-electron chi connectivity index (χ2n) is 6.36. The molecule has 0 aliphatic rings. The van der Waals surface area contributed by atoms with E-state index in [9.17, 15) is 4.79 Å². The fourth-order valence-electron chi connectivity index (χ4n) is 2.99. The molecule has 4 rings (SSSR count). The Kier molecular flexibility index (Phi) is 4.97. The highest BCUT2D eigenvalue weighted by Crippen LogP contribution is 2.27. The maximum Gasteiger partial charge on any atom is 0.272 e. The van der Waals surface area contributed by atoms with Gasteiger partial charge in [-0.15, -0.1) is 11.3 Å². The first-order valence-electron chi connectivity index (χ1n) is 8.67. The molecular weight excluding hydrogens is 378 g/mol. The van der Waals surface area contributed by atoms with Crippen molar-refractivity contribution < 1.29 is 4.79 Å². The molecule has 0 unspecified atom stereocenters. The maximum atomic E-state index is 12.8. The Balaban J connectivity index is 1.56. The van der Waals surface area contributed by atoms with E-state index in [1.165, 1.54) is 16.9 Å². The third kappa shape index (κ3) is 3.75. The number of hydrogen-bond acceptors (Lipinski definition) is 3. The summed E-state index contributed by atoms with van der Waals surface area (Å²) in [5, 5.41) is 5.68. The predicted octanol–water partition coefficient (Wildman–Crippen LogP) is 5.00. The van der Waals surface area contributed by atoms with Crippen molar-refractivity contribution in [2.24, 2.45) is 0 Å². The lowest BCUT2D eigenvalue weighted by Crippen LogP contribution is -2.26. The number of imidazole rings is 1. The zero-order valence-corrected chi connectivity index (χ0v) is 16.3. The zero-order valence-electron chi connectivity index (χ0n) is 14.8. The van der Waals surface area contributed by atoms with Crippen LogP contribution in [0.1, 0.15) is 21.6 Å². The fraction of sp³-hybridized carbons (Fsp3) is 0.143. The van der Waals surface area contributed by atoms with Crippen molar-refractivity contribution in [3.05, 3.63) is 82.0 Å². The van der Waals surface area contributed by atoms with Crippen LogP contribution in [-0.2, 0) is 6.42 Å². The molecule has 1 N–H and O–H groups in total. The quantitative estimate of drug-likeness (QED) is 0.517. The van der Waals surface area contributed by atoms with Gasteiger partial charge in [0.2, 0.25) is 0 Å². The number of amides is 1. The van der Waals surface area contributed by atoms with E-state index in [0.29, 0.717) is 17.3 Å². The second kappa shape index (κ2) is 7.55. The first kappa shape index (κ1) is 17.8. The smallest absolute Gasteiger partial charge is 0.272 e. The molecule has 0 aliphatic heterocycles. The van der Waals surface area contributed by atoms with Gasteiger partial charge in [0.25, 0.3) is 5.91 Å². The number of nitrogens with zero attached hydrogens (tertiary/aromatic N) is 2. The number of hydrogen-bond donors (Lipinski definition) is 1. The molecule has 0 radical (unpaired) electrons. The van der Waals surface area contributed by atoms with Gasteiger partial charge in [-0.1, -0.05) is 53.6 Å². The summed E-state index contributed by atoms with van der Waals surface area (Å²) in [6, 6.07) is 15.8. The summed E-state index contributed by atoms with van der Waals surface area (Å²) in [6.45, 7) is 2.59. The summed E-state index contributed by atoms with van der Waals surface area (Å²) >= 11 is 7.43. The Labute approximate surface area is 166 Å². The van der Waals surface area contributed by atoms with Crippen molar-refractivity contribution in [3.8, 4) is 11.3 Å². The molecular formula is C21H18ClN3OS. The summed E-state index contributed by atoms with van der Waals surface area (Å²) in [5.41, 5.74) is 4.58. The predicted molar refractivity (Wildman–Crippen MR) is 111 cm³/mol. The lowest BCUT2D eigenvalue weighted by Gasteiger charge is -2.07. The molecule has 6 heteroatoms. The fourth-order valence-corrected chi connectivity index (χ4v) is 3.83. The van der Waals surface area contributed by atoms with Gasteiger partial charge in [-0.25, -0.2) is 4.98 Å². The SMILES string of the molecule is Cc1ccc(-c2c(C(=O)NCCc3ccc(Cl)cc3)nc3sccn23)cc1. The normalized spacial score (nSPS) is 11.0. The summed E-state index contributed by atoms with van der Waals surface area (Å²) in [7, 11) is 0. The first-order valence-corrected chi connectivity index (χ1v) is 9.93. The molecule has 2 heterocycles. The molecule has 27 heavy (non-hydrogen) atoms. The Morgan fingerprint density at radius 1 is 1.15 bits per heavy atom. The van der Waals surface area contributed by atoms with E-state index in [1.54, 1.807) is 0 Å². The average Bonchev–Trinajstić information content (AvgIpc) is 3.25. The van der Waals surface area contributed by atoms with E-state index < -0.39 is 0 Å². The molecule has 2 aromatic carbocycles. The number of aromatic nitrogens is 2. The Morgan fingerprint density at radius 3 is 2.63 bits per heavy atom. The number of nitrogens with one attached hydrogen (secondary N) is 1. The van der Waals surface area contributed by atoms with Gasteiger partial charge in [0.15, 0.2) is 10.7 Å². The number of aryl methyl sites for hydroxylation is 1. The molecule has 4 aromatic rings. The molecule has 0 atom stereocenters. The van der Waals surface area contributed by atoms with Gasteiger partial charge < -0.3 is 5.32 Å². The number of rotatable bonds is 5. The van der Waals surface area contributed by atoms with E-state index in [1.807, 2.05) is 71.4 Å². The van der Waals surface area contributed by atoms with Gasteiger partial charge in [-0.2, -0.15) is 0 Å². The molecule has 4 nitrogen and oxygen atoms in total. The standard InChI is InChI=1S/C21H18ClN3OS/c1-14-2-6-16(7-3-14)19-18(24-21-25(19)12-13-27-21)20(26)23-11-10-15-4-8-17(22)9-5-15/h2-9,12-13H,10-11H2,1H3,(H,23,26). The van der Waals surface area contributed by atoms with E-state index in [4.69, 9.17) is 11.6 Å². The van der Waals surface area contributed by atoms with Crippen LogP contribution in [-0.4, -0.2) is 21.8 Å². The Hall–Kier alpha value is -2.63. The number of thiazole rings is 1. The number of carbonyl (C=O) groups is 1. The number of benzene rings is 2. The maximum absolute atomic E-state index is 12.8. The molecule has 0 fully saturated rings. The average molecular weight is 396 g/mol. The van der Waals surface area contributed by atoms with E-state index >= 15 is 0 Å². The van der Waals surface area contributed by atoms with Crippen LogP contribution in [0.25, 0.3) is 16.2 Å². The van der Waals surface area contributed by atoms with Gasteiger partial charge in [-0.05, 0) is 31.0 Å².